The van der Waals surface area contributed by atoms with E-state index in [-0.39, 0.29) is 23.5 Å². The number of aromatic nitrogens is 2. The van der Waals surface area contributed by atoms with Gasteiger partial charge in [0.1, 0.15) is 5.69 Å². The molecule has 0 aliphatic rings. The van der Waals surface area contributed by atoms with Crippen molar-refractivity contribution in [2.45, 2.75) is 30.4 Å². The van der Waals surface area contributed by atoms with Gasteiger partial charge in [-0.25, -0.2) is 4.79 Å². The molecule has 2 N–H and O–H groups in total. The second-order valence-corrected chi connectivity index (χ2v) is 5.98. The topological polar surface area (TPSA) is 84.1 Å². The van der Waals surface area contributed by atoms with Gasteiger partial charge in [-0.3, -0.25) is 9.89 Å². The molecule has 0 saturated carbocycles. The molecule has 0 spiro atoms. The lowest BCUT2D eigenvalue weighted by molar-refractivity contribution is -0.115. The Morgan fingerprint density at radius 2 is 2.04 bits per heavy atom. The maximum Gasteiger partial charge on any atom is 0.356 e. The fourth-order valence-corrected chi connectivity index (χ4v) is 2.87. The van der Waals surface area contributed by atoms with Crippen molar-refractivity contribution in [1.82, 2.24) is 10.2 Å². The molecule has 2 rings (SSSR count). The highest BCUT2D eigenvalue weighted by molar-refractivity contribution is 8.00. The Morgan fingerprint density at radius 3 is 2.70 bits per heavy atom. The zero-order valence-corrected chi connectivity index (χ0v) is 13.9. The van der Waals surface area contributed by atoms with Crippen molar-refractivity contribution in [3.05, 3.63) is 42.1 Å². The molecular weight excluding hydrogens is 314 g/mol. The predicted octanol–water partition coefficient (Wildman–Crippen LogP) is 3.10. The van der Waals surface area contributed by atoms with E-state index in [1.807, 2.05) is 37.3 Å². The molecule has 1 atom stereocenters. The molecule has 2 aromatic rings. The van der Waals surface area contributed by atoms with Gasteiger partial charge in [-0.1, -0.05) is 25.1 Å². The van der Waals surface area contributed by atoms with Crippen molar-refractivity contribution in [3.63, 3.8) is 0 Å². The van der Waals surface area contributed by atoms with Crippen LogP contribution in [0.2, 0.25) is 0 Å². The van der Waals surface area contributed by atoms with Gasteiger partial charge in [-0.15, -0.1) is 11.8 Å². The number of nitrogens with one attached hydrogen (secondary N) is 2. The molecule has 7 heteroatoms. The number of thioether (sulfide) groups is 1. The first kappa shape index (κ1) is 17.1. The Balaban J connectivity index is 1.98. The summed E-state index contributed by atoms with van der Waals surface area (Å²) in [5, 5.41) is 8.96. The number of hydrogen-bond donors (Lipinski definition) is 2. The minimum atomic E-state index is -0.494. The Labute approximate surface area is 139 Å². The molecule has 0 unspecified atom stereocenters. The van der Waals surface area contributed by atoms with Gasteiger partial charge in [0.2, 0.25) is 5.91 Å². The number of amides is 1. The summed E-state index contributed by atoms with van der Waals surface area (Å²) < 4.78 is 4.87. The highest BCUT2D eigenvalue weighted by atomic mass is 32.2. The summed E-state index contributed by atoms with van der Waals surface area (Å²) in [4.78, 5) is 24.9. The van der Waals surface area contributed by atoms with Crippen LogP contribution in [0.1, 0.15) is 30.8 Å². The number of carbonyl (C=O) groups is 2. The molecule has 1 amide bonds. The van der Waals surface area contributed by atoms with E-state index in [2.05, 4.69) is 15.5 Å². The molecule has 23 heavy (non-hydrogen) atoms. The minimum Gasteiger partial charge on any atom is -0.461 e. The molecule has 0 saturated heterocycles. The first-order valence-electron chi connectivity index (χ1n) is 7.39. The molecule has 0 bridgehead atoms. The molecule has 1 heterocycles. The largest absolute Gasteiger partial charge is 0.461 e. The molecule has 0 radical (unpaired) electrons. The Morgan fingerprint density at radius 1 is 1.30 bits per heavy atom. The minimum absolute atomic E-state index is 0.150. The van der Waals surface area contributed by atoms with Gasteiger partial charge in [0, 0.05) is 11.0 Å². The summed E-state index contributed by atoms with van der Waals surface area (Å²) in [6, 6.07) is 11.2. The lowest BCUT2D eigenvalue weighted by Gasteiger charge is -2.13. The van der Waals surface area contributed by atoms with Gasteiger partial charge < -0.3 is 10.1 Å². The average molecular weight is 333 g/mol. The molecule has 0 aliphatic heterocycles. The number of H-pyrrole nitrogens is 1. The summed E-state index contributed by atoms with van der Waals surface area (Å²) in [5.74, 6) is -0.334. The standard InChI is InChI=1S/C16H19N3O3S/c1-3-13(23-11-8-6-5-7-9-11)15(20)17-14-10-12(18-19-14)16(21)22-4-2/h5-10,13H,3-4H2,1-2H3,(H2,17,18,19,20)/t13-/m1/s1. The fourth-order valence-electron chi connectivity index (χ4n) is 1.89. The van der Waals surface area contributed by atoms with Crippen molar-refractivity contribution >= 4 is 29.5 Å². The van der Waals surface area contributed by atoms with Crippen LogP contribution in [0.25, 0.3) is 0 Å². The molecular formula is C16H19N3O3S. The van der Waals surface area contributed by atoms with E-state index in [0.717, 1.165) is 4.90 Å². The van der Waals surface area contributed by atoms with Gasteiger partial charge in [0.05, 0.1) is 11.9 Å². The molecule has 1 aromatic carbocycles. The third kappa shape index (κ3) is 4.85. The third-order valence-electron chi connectivity index (χ3n) is 3.01. The number of aromatic amines is 1. The Hall–Kier alpha value is -2.28. The number of nitrogens with zero attached hydrogens (tertiary/aromatic N) is 1. The van der Waals surface area contributed by atoms with Crippen LogP contribution in [-0.2, 0) is 9.53 Å². The Bertz CT molecular complexity index is 658. The molecule has 122 valence electrons. The Kier molecular flexibility index (Phi) is 6.22. The second kappa shape index (κ2) is 8.38. The van der Waals surface area contributed by atoms with E-state index in [1.165, 1.54) is 17.8 Å². The normalized spacial score (nSPS) is 11.7. The number of hydrogen-bond acceptors (Lipinski definition) is 5. The van der Waals surface area contributed by atoms with Crippen LogP contribution in [0.4, 0.5) is 5.82 Å². The smallest absolute Gasteiger partial charge is 0.356 e. The van der Waals surface area contributed by atoms with Crippen LogP contribution in [0.15, 0.2) is 41.3 Å². The highest BCUT2D eigenvalue weighted by Crippen LogP contribution is 2.26. The number of benzene rings is 1. The lowest BCUT2D eigenvalue weighted by Crippen LogP contribution is -2.24. The van der Waals surface area contributed by atoms with Crippen molar-refractivity contribution in [1.29, 1.82) is 0 Å². The summed E-state index contributed by atoms with van der Waals surface area (Å²) in [6.45, 7) is 3.96. The zero-order chi connectivity index (χ0) is 16.7. The number of anilines is 1. The summed E-state index contributed by atoms with van der Waals surface area (Å²) in [5.41, 5.74) is 0.214. The third-order valence-corrected chi connectivity index (χ3v) is 4.39. The number of carbonyl (C=O) groups excluding carboxylic acids is 2. The first-order valence-corrected chi connectivity index (χ1v) is 8.27. The molecule has 0 fully saturated rings. The average Bonchev–Trinajstić information content (AvgIpc) is 3.02. The zero-order valence-electron chi connectivity index (χ0n) is 13.0. The van der Waals surface area contributed by atoms with Crippen LogP contribution in [0.3, 0.4) is 0 Å². The van der Waals surface area contributed by atoms with Crippen LogP contribution >= 0.6 is 11.8 Å². The van der Waals surface area contributed by atoms with Crippen LogP contribution in [0.5, 0.6) is 0 Å². The van der Waals surface area contributed by atoms with Gasteiger partial charge in [0.25, 0.3) is 0 Å². The number of esters is 1. The predicted molar refractivity (Wildman–Crippen MR) is 89.6 cm³/mol. The van der Waals surface area contributed by atoms with E-state index >= 15 is 0 Å². The van der Waals surface area contributed by atoms with E-state index in [4.69, 9.17) is 4.74 Å². The van der Waals surface area contributed by atoms with E-state index < -0.39 is 5.97 Å². The second-order valence-electron chi connectivity index (χ2n) is 4.70. The maximum absolute atomic E-state index is 12.4. The lowest BCUT2D eigenvalue weighted by atomic mass is 10.3. The van der Waals surface area contributed by atoms with Crippen molar-refractivity contribution < 1.29 is 14.3 Å². The van der Waals surface area contributed by atoms with Crippen molar-refractivity contribution in [2.24, 2.45) is 0 Å². The number of rotatable bonds is 7. The van der Waals surface area contributed by atoms with Gasteiger partial charge in [-0.2, -0.15) is 5.10 Å². The molecule has 6 nitrogen and oxygen atoms in total. The van der Waals surface area contributed by atoms with Crippen molar-refractivity contribution in [3.8, 4) is 0 Å². The molecule has 1 aromatic heterocycles. The van der Waals surface area contributed by atoms with Gasteiger partial charge in [0.15, 0.2) is 5.82 Å². The first-order chi connectivity index (χ1) is 11.1. The fraction of sp³-hybridized carbons (Fsp3) is 0.312. The van der Waals surface area contributed by atoms with E-state index in [1.54, 1.807) is 6.92 Å². The summed E-state index contributed by atoms with van der Waals surface area (Å²) in [6.07, 6.45) is 0.681. The van der Waals surface area contributed by atoms with E-state index in [9.17, 15) is 9.59 Å². The maximum atomic E-state index is 12.4. The summed E-state index contributed by atoms with van der Waals surface area (Å²) in [7, 11) is 0. The van der Waals surface area contributed by atoms with Gasteiger partial charge >= 0.3 is 5.97 Å². The SMILES string of the molecule is CCOC(=O)c1cc(NC(=O)[C@@H](CC)Sc2ccccc2)n[nH]1. The molecule has 0 aliphatic carbocycles. The van der Waals surface area contributed by atoms with Crippen LogP contribution in [-0.4, -0.2) is 33.9 Å². The highest BCUT2D eigenvalue weighted by Gasteiger charge is 2.20. The van der Waals surface area contributed by atoms with Crippen LogP contribution in [0, 0.1) is 0 Å². The summed E-state index contributed by atoms with van der Waals surface area (Å²) >= 11 is 1.50. The van der Waals surface area contributed by atoms with Crippen molar-refractivity contribution in [2.75, 3.05) is 11.9 Å². The van der Waals surface area contributed by atoms with Gasteiger partial charge in [-0.05, 0) is 25.5 Å². The number of ether oxygens (including phenoxy) is 1. The van der Waals surface area contributed by atoms with E-state index in [0.29, 0.717) is 12.2 Å². The quantitative estimate of drug-likeness (QED) is 0.601. The van der Waals surface area contributed by atoms with Crippen LogP contribution < -0.4 is 5.32 Å². The monoisotopic (exact) mass is 333 g/mol.